The Morgan fingerprint density at radius 3 is 2.70 bits per heavy atom. The van der Waals surface area contributed by atoms with Crippen molar-refractivity contribution in [3.05, 3.63) is 87.0 Å². The van der Waals surface area contributed by atoms with Crippen LogP contribution in [0.5, 0.6) is 0 Å². The molecule has 27 heavy (non-hydrogen) atoms. The van der Waals surface area contributed by atoms with Gasteiger partial charge in [0.25, 0.3) is 11.8 Å². The molecule has 0 saturated heterocycles. The van der Waals surface area contributed by atoms with E-state index >= 15 is 0 Å². The maximum Gasteiger partial charge on any atom is 0.262 e. The molecule has 2 amide bonds. The van der Waals surface area contributed by atoms with Crippen molar-refractivity contribution in [1.82, 2.24) is 5.32 Å². The standard InChI is InChI=1S/C21H16N2O2S2/c24-20(22-13-16-7-4-10-26-16)15-8-9-18-17(12-15)23-21(25)19(27-18)11-14-5-2-1-3-6-14/h1-12H,13H2,(H,22,24)(H,23,25)/b19-11-. The molecule has 1 aromatic heterocycles. The van der Waals surface area contributed by atoms with Crippen molar-refractivity contribution in [2.24, 2.45) is 0 Å². The number of thiophene rings is 1. The normalized spacial score (nSPS) is 14.5. The lowest BCUT2D eigenvalue weighted by atomic mass is 10.1. The number of rotatable bonds is 4. The molecule has 6 heteroatoms. The highest BCUT2D eigenvalue weighted by Crippen LogP contribution is 2.39. The van der Waals surface area contributed by atoms with Crippen LogP contribution in [0.1, 0.15) is 20.8 Å². The Morgan fingerprint density at radius 2 is 1.93 bits per heavy atom. The third-order valence-corrected chi connectivity index (χ3v) is 6.01. The van der Waals surface area contributed by atoms with Crippen LogP contribution in [0.25, 0.3) is 6.08 Å². The van der Waals surface area contributed by atoms with E-state index in [0.29, 0.717) is 22.7 Å². The van der Waals surface area contributed by atoms with Crippen molar-refractivity contribution < 1.29 is 9.59 Å². The van der Waals surface area contributed by atoms with Gasteiger partial charge < -0.3 is 10.6 Å². The van der Waals surface area contributed by atoms with Gasteiger partial charge in [0.05, 0.1) is 17.1 Å². The summed E-state index contributed by atoms with van der Waals surface area (Å²) in [6.07, 6.45) is 1.87. The van der Waals surface area contributed by atoms with E-state index in [9.17, 15) is 9.59 Å². The van der Waals surface area contributed by atoms with Crippen LogP contribution in [-0.4, -0.2) is 11.8 Å². The van der Waals surface area contributed by atoms with Crippen molar-refractivity contribution in [2.45, 2.75) is 11.4 Å². The number of anilines is 1. The average Bonchev–Trinajstić information content (AvgIpc) is 3.21. The first kappa shape index (κ1) is 17.6. The summed E-state index contributed by atoms with van der Waals surface area (Å²) in [5.74, 6) is -0.316. The fourth-order valence-corrected chi connectivity index (χ4v) is 4.26. The second kappa shape index (κ2) is 7.82. The zero-order valence-electron chi connectivity index (χ0n) is 14.3. The van der Waals surface area contributed by atoms with E-state index in [1.54, 1.807) is 23.5 Å². The third-order valence-electron chi connectivity index (χ3n) is 4.03. The van der Waals surface area contributed by atoms with Gasteiger partial charge in [0.2, 0.25) is 0 Å². The lowest BCUT2D eigenvalue weighted by Crippen LogP contribution is -2.23. The van der Waals surface area contributed by atoms with E-state index in [-0.39, 0.29) is 11.8 Å². The molecule has 0 aliphatic carbocycles. The summed E-state index contributed by atoms with van der Waals surface area (Å²) in [5, 5.41) is 7.77. The SMILES string of the molecule is O=C1Nc2cc(C(=O)NCc3cccs3)ccc2S/C1=C\c1ccccc1. The van der Waals surface area contributed by atoms with Crippen LogP contribution in [-0.2, 0) is 11.3 Å². The number of amides is 2. The van der Waals surface area contributed by atoms with Crippen LogP contribution in [0.15, 0.2) is 75.8 Å². The molecule has 0 unspecified atom stereocenters. The van der Waals surface area contributed by atoms with Gasteiger partial charge in [-0.25, -0.2) is 0 Å². The predicted octanol–water partition coefficient (Wildman–Crippen LogP) is 4.76. The second-order valence-corrected chi connectivity index (χ2v) is 8.06. The van der Waals surface area contributed by atoms with E-state index in [2.05, 4.69) is 10.6 Å². The zero-order valence-corrected chi connectivity index (χ0v) is 15.9. The molecule has 0 fully saturated rings. The Bertz CT molecular complexity index is 1010. The van der Waals surface area contributed by atoms with E-state index in [1.165, 1.54) is 11.8 Å². The van der Waals surface area contributed by atoms with E-state index in [4.69, 9.17) is 0 Å². The quantitative estimate of drug-likeness (QED) is 0.629. The first-order valence-corrected chi connectivity index (χ1v) is 10.1. The van der Waals surface area contributed by atoms with E-state index in [0.717, 1.165) is 15.3 Å². The highest BCUT2D eigenvalue weighted by atomic mass is 32.2. The second-order valence-electron chi connectivity index (χ2n) is 5.95. The van der Waals surface area contributed by atoms with Gasteiger partial charge >= 0.3 is 0 Å². The molecule has 1 aliphatic heterocycles. The summed E-state index contributed by atoms with van der Waals surface area (Å²) < 4.78 is 0. The molecule has 4 rings (SSSR count). The van der Waals surface area contributed by atoms with E-state index < -0.39 is 0 Å². The molecule has 4 nitrogen and oxygen atoms in total. The summed E-state index contributed by atoms with van der Waals surface area (Å²) in [5.41, 5.74) is 2.17. The van der Waals surface area contributed by atoms with Crippen molar-refractivity contribution in [2.75, 3.05) is 5.32 Å². The summed E-state index contributed by atoms with van der Waals surface area (Å²) in [6, 6.07) is 19.0. The number of fused-ring (bicyclic) bond motifs is 1. The molecule has 0 atom stereocenters. The summed E-state index contributed by atoms with van der Waals surface area (Å²) >= 11 is 3.01. The molecule has 3 aromatic rings. The predicted molar refractivity (Wildman–Crippen MR) is 111 cm³/mol. The van der Waals surface area contributed by atoms with Crippen LogP contribution in [0.2, 0.25) is 0 Å². The maximum atomic E-state index is 12.4. The zero-order chi connectivity index (χ0) is 18.6. The lowest BCUT2D eigenvalue weighted by molar-refractivity contribution is -0.112. The van der Waals surface area contributed by atoms with Crippen molar-refractivity contribution >= 4 is 46.7 Å². The number of hydrogen-bond donors (Lipinski definition) is 2. The molecule has 134 valence electrons. The number of carbonyl (C=O) groups is 2. The summed E-state index contributed by atoms with van der Waals surface area (Å²) in [7, 11) is 0. The smallest absolute Gasteiger partial charge is 0.262 e. The fraction of sp³-hybridized carbons (Fsp3) is 0.0476. The molecule has 1 aliphatic rings. The van der Waals surface area contributed by atoms with Gasteiger partial charge in [-0.15, -0.1) is 11.3 Å². The number of nitrogens with one attached hydrogen (secondary N) is 2. The molecule has 0 radical (unpaired) electrons. The number of thioether (sulfide) groups is 1. The molecule has 2 N–H and O–H groups in total. The molecule has 0 spiro atoms. The van der Waals surface area contributed by atoms with Gasteiger partial charge in [-0.3, -0.25) is 9.59 Å². The molecule has 0 saturated carbocycles. The van der Waals surface area contributed by atoms with Crippen LogP contribution in [0, 0.1) is 0 Å². The largest absolute Gasteiger partial charge is 0.347 e. The van der Waals surface area contributed by atoms with Gasteiger partial charge in [-0.05, 0) is 41.3 Å². The third kappa shape index (κ3) is 4.13. The van der Waals surface area contributed by atoms with Crippen LogP contribution in [0.3, 0.4) is 0 Å². The van der Waals surface area contributed by atoms with Crippen molar-refractivity contribution in [3.8, 4) is 0 Å². The van der Waals surface area contributed by atoms with Gasteiger partial charge in [-0.1, -0.05) is 48.2 Å². The first-order chi connectivity index (χ1) is 13.2. The first-order valence-electron chi connectivity index (χ1n) is 8.39. The molecular weight excluding hydrogens is 376 g/mol. The van der Waals surface area contributed by atoms with Gasteiger partial charge in [0.15, 0.2) is 0 Å². The van der Waals surface area contributed by atoms with Gasteiger partial charge in [0, 0.05) is 15.3 Å². The Hall–Kier alpha value is -2.83. The van der Waals surface area contributed by atoms with Gasteiger partial charge in [0.1, 0.15) is 0 Å². The van der Waals surface area contributed by atoms with Crippen molar-refractivity contribution in [3.63, 3.8) is 0 Å². The monoisotopic (exact) mass is 392 g/mol. The average molecular weight is 393 g/mol. The number of hydrogen-bond acceptors (Lipinski definition) is 4. The number of carbonyl (C=O) groups excluding carboxylic acids is 2. The maximum absolute atomic E-state index is 12.4. The fourth-order valence-electron chi connectivity index (χ4n) is 2.68. The summed E-state index contributed by atoms with van der Waals surface area (Å²) in [4.78, 5) is 27.4. The number of benzene rings is 2. The Morgan fingerprint density at radius 1 is 1.07 bits per heavy atom. The van der Waals surface area contributed by atoms with E-state index in [1.807, 2.05) is 60.0 Å². The molecule has 0 bridgehead atoms. The molecule has 2 aromatic carbocycles. The molecule has 2 heterocycles. The minimum Gasteiger partial charge on any atom is -0.347 e. The van der Waals surface area contributed by atoms with Gasteiger partial charge in [-0.2, -0.15) is 0 Å². The minimum absolute atomic E-state index is 0.156. The van der Waals surface area contributed by atoms with Crippen LogP contribution >= 0.6 is 23.1 Å². The van der Waals surface area contributed by atoms with Crippen LogP contribution < -0.4 is 10.6 Å². The minimum atomic E-state index is -0.160. The lowest BCUT2D eigenvalue weighted by Gasteiger charge is -2.19. The Kier molecular flexibility index (Phi) is 5.09. The Labute approximate surface area is 165 Å². The topological polar surface area (TPSA) is 58.2 Å². The summed E-state index contributed by atoms with van der Waals surface area (Å²) in [6.45, 7) is 0.499. The highest BCUT2D eigenvalue weighted by Gasteiger charge is 2.22. The highest BCUT2D eigenvalue weighted by molar-refractivity contribution is 8.04. The van der Waals surface area contributed by atoms with Crippen molar-refractivity contribution in [1.29, 1.82) is 0 Å². The molecular formula is C21H16N2O2S2. The Balaban J connectivity index is 1.50. The van der Waals surface area contributed by atoms with Crippen LogP contribution in [0.4, 0.5) is 5.69 Å².